The molecule has 0 bridgehead atoms. The number of hydroxylamine groups is 1. The van der Waals surface area contributed by atoms with Crippen LogP contribution in [0.4, 0.5) is 5.69 Å². The summed E-state index contributed by atoms with van der Waals surface area (Å²) in [5.41, 5.74) is 4.43. The van der Waals surface area contributed by atoms with Crippen molar-refractivity contribution in [2.45, 2.75) is 32.6 Å². The van der Waals surface area contributed by atoms with Gasteiger partial charge in [0.25, 0.3) is 0 Å². The van der Waals surface area contributed by atoms with E-state index < -0.39 is 0 Å². The second-order valence-electron chi connectivity index (χ2n) is 5.35. The third kappa shape index (κ3) is 3.82. The van der Waals surface area contributed by atoms with Crippen LogP contribution >= 0.6 is 0 Å². The normalized spacial score (nSPS) is 18.1. The molecule has 1 N–H and O–H groups in total. The lowest BCUT2D eigenvalue weighted by atomic mass is 10.1. The van der Waals surface area contributed by atoms with Crippen LogP contribution < -0.4 is 10.4 Å². The van der Waals surface area contributed by atoms with Gasteiger partial charge in [0.2, 0.25) is 11.8 Å². The number of carbonyl (C=O) groups is 2. The van der Waals surface area contributed by atoms with E-state index in [1.165, 1.54) is 25.5 Å². The molecule has 2 amide bonds. The van der Waals surface area contributed by atoms with Crippen molar-refractivity contribution in [2.24, 2.45) is 5.92 Å². The van der Waals surface area contributed by atoms with Crippen LogP contribution in [0.25, 0.3) is 0 Å². The van der Waals surface area contributed by atoms with E-state index in [0.717, 1.165) is 12.1 Å². The molecule has 1 atom stereocenters. The zero-order valence-corrected chi connectivity index (χ0v) is 12.6. The molecule has 1 unspecified atom stereocenters. The van der Waals surface area contributed by atoms with Gasteiger partial charge in [-0.15, -0.1) is 0 Å². The van der Waals surface area contributed by atoms with E-state index in [4.69, 9.17) is 0 Å². The van der Waals surface area contributed by atoms with E-state index in [-0.39, 0.29) is 24.2 Å². The van der Waals surface area contributed by atoms with Gasteiger partial charge >= 0.3 is 0 Å². The van der Waals surface area contributed by atoms with E-state index in [9.17, 15) is 9.59 Å². The Labute approximate surface area is 125 Å². The monoisotopic (exact) mass is 290 g/mol. The molecule has 1 aliphatic heterocycles. The largest absolute Gasteiger partial charge is 0.312 e. The molecule has 0 saturated carbocycles. The summed E-state index contributed by atoms with van der Waals surface area (Å²) in [6.07, 6.45) is 3.63. The van der Waals surface area contributed by atoms with Gasteiger partial charge in [0.15, 0.2) is 0 Å². The minimum absolute atomic E-state index is 0.0208. The summed E-state index contributed by atoms with van der Waals surface area (Å²) in [7, 11) is 1.39. The van der Waals surface area contributed by atoms with Crippen LogP contribution in [0, 0.1) is 5.92 Å². The number of rotatable bonds is 6. The zero-order chi connectivity index (χ0) is 15.2. The molecule has 5 nitrogen and oxygen atoms in total. The van der Waals surface area contributed by atoms with E-state index >= 15 is 0 Å². The number of nitrogens with zero attached hydrogens (tertiary/aromatic N) is 1. The molecule has 1 heterocycles. The average molecular weight is 290 g/mol. The second kappa shape index (κ2) is 7.22. The zero-order valence-electron chi connectivity index (χ0n) is 12.6. The molecule has 1 fully saturated rings. The summed E-state index contributed by atoms with van der Waals surface area (Å²) in [4.78, 5) is 30.1. The third-order valence-corrected chi connectivity index (χ3v) is 3.77. The van der Waals surface area contributed by atoms with Gasteiger partial charge in [-0.2, -0.15) is 0 Å². The van der Waals surface area contributed by atoms with Gasteiger partial charge in [0, 0.05) is 18.7 Å². The number of amides is 2. The van der Waals surface area contributed by atoms with Crippen LogP contribution in [0.15, 0.2) is 24.3 Å². The lowest BCUT2D eigenvalue weighted by Crippen LogP contribution is -2.32. The van der Waals surface area contributed by atoms with Gasteiger partial charge < -0.3 is 4.90 Å². The number of unbranched alkanes of at least 4 members (excludes halogenated alkanes) is 1. The van der Waals surface area contributed by atoms with Gasteiger partial charge in [-0.05, 0) is 30.5 Å². The SMILES string of the molecule is CCCCc1ccc(N2CC(C(=O)NOC)CC2=O)cc1. The van der Waals surface area contributed by atoms with Gasteiger partial charge in [-0.1, -0.05) is 25.5 Å². The molecule has 2 rings (SSSR count). The van der Waals surface area contributed by atoms with Crippen molar-refractivity contribution in [3.63, 3.8) is 0 Å². The molecule has 0 aliphatic carbocycles. The maximum Gasteiger partial charge on any atom is 0.248 e. The summed E-state index contributed by atoms with van der Waals surface area (Å²) >= 11 is 0. The fourth-order valence-electron chi connectivity index (χ4n) is 2.54. The molecule has 114 valence electrons. The predicted octanol–water partition coefficient (Wildman–Crippen LogP) is 2.06. The standard InChI is InChI=1S/C16H22N2O3/c1-3-4-5-12-6-8-14(9-7-12)18-11-13(10-15(18)19)16(20)17-21-2/h6-9,13H,3-5,10-11H2,1-2H3,(H,17,20). The number of benzene rings is 1. The first-order chi connectivity index (χ1) is 10.2. The molecule has 0 radical (unpaired) electrons. The van der Waals surface area contributed by atoms with Gasteiger partial charge in [0.05, 0.1) is 13.0 Å². The van der Waals surface area contributed by atoms with E-state index in [1.54, 1.807) is 4.90 Å². The molecule has 5 heteroatoms. The Bertz CT molecular complexity index is 499. The summed E-state index contributed by atoms with van der Waals surface area (Å²) in [6, 6.07) is 8.03. The van der Waals surface area contributed by atoms with Gasteiger partial charge in [-0.25, -0.2) is 5.48 Å². The van der Waals surface area contributed by atoms with Crippen LogP contribution in [-0.2, 0) is 20.8 Å². The minimum atomic E-state index is -0.350. The van der Waals surface area contributed by atoms with Crippen LogP contribution in [0.1, 0.15) is 31.7 Å². The van der Waals surface area contributed by atoms with Crippen LogP contribution in [-0.4, -0.2) is 25.5 Å². The minimum Gasteiger partial charge on any atom is -0.312 e. The number of anilines is 1. The number of carbonyl (C=O) groups excluding carboxylic acids is 2. The van der Waals surface area contributed by atoms with E-state index in [0.29, 0.717) is 6.54 Å². The first-order valence-electron chi connectivity index (χ1n) is 7.37. The van der Waals surface area contributed by atoms with Crippen molar-refractivity contribution in [3.05, 3.63) is 29.8 Å². The van der Waals surface area contributed by atoms with E-state index in [2.05, 4.69) is 29.4 Å². The van der Waals surface area contributed by atoms with Gasteiger partial charge in [0.1, 0.15) is 0 Å². The first kappa shape index (κ1) is 15.5. The quantitative estimate of drug-likeness (QED) is 0.816. The van der Waals surface area contributed by atoms with E-state index in [1.807, 2.05) is 12.1 Å². The highest BCUT2D eigenvalue weighted by Crippen LogP contribution is 2.25. The molecule has 0 spiro atoms. The van der Waals surface area contributed by atoms with Gasteiger partial charge in [-0.3, -0.25) is 14.4 Å². The molecule has 1 aliphatic rings. The predicted molar refractivity (Wildman–Crippen MR) is 80.7 cm³/mol. The third-order valence-electron chi connectivity index (χ3n) is 3.77. The van der Waals surface area contributed by atoms with Crippen LogP contribution in [0.5, 0.6) is 0 Å². The Hall–Kier alpha value is -1.88. The number of hydrogen-bond acceptors (Lipinski definition) is 3. The number of aryl methyl sites for hydroxylation is 1. The lowest BCUT2D eigenvalue weighted by molar-refractivity contribution is -0.135. The number of nitrogens with one attached hydrogen (secondary N) is 1. The van der Waals surface area contributed by atoms with Crippen LogP contribution in [0.2, 0.25) is 0 Å². The van der Waals surface area contributed by atoms with Crippen molar-refractivity contribution >= 4 is 17.5 Å². The fraction of sp³-hybridized carbons (Fsp3) is 0.500. The Kier molecular flexibility index (Phi) is 5.33. The Morgan fingerprint density at radius 2 is 2.10 bits per heavy atom. The van der Waals surface area contributed by atoms with Crippen LogP contribution in [0.3, 0.4) is 0 Å². The molecule has 21 heavy (non-hydrogen) atoms. The summed E-state index contributed by atoms with van der Waals surface area (Å²) in [6.45, 7) is 2.57. The highest BCUT2D eigenvalue weighted by molar-refractivity contribution is 6.00. The Balaban J connectivity index is 2.01. The Morgan fingerprint density at radius 1 is 1.38 bits per heavy atom. The summed E-state index contributed by atoms with van der Waals surface area (Å²) in [5, 5.41) is 0. The Morgan fingerprint density at radius 3 is 2.71 bits per heavy atom. The summed E-state index contributed by atoms with van der Waals surface area (Å²) < 4.78 is 0. The van der Waals surface area contributed by atoms with Crippen molar-refractivity contribution < 1.29 is 14.4 Å². The van der Waals surface area contributed by atoms with Crippen molar-refractivity contribution in [2.75, 3.05) is 18.6 Å². The first-order valence-corrected chi connectivity index (χ1v) is 7.37. The molecule has 0 aromatic heterocycles. The second-order valence-corrected chi connectivity index (χ2v) is 5.35. The molecule has 1 aromatic rings. The maximum atomic E-state index is 12.1. The van der Waals surface area contributed by atoms with Crippen molar-refractivity contribution in [1.29, 1.82) is 0 Å². The lowest BCUT2D eigenvalue weighted by Gasteiger charge is -2.17. The molecule has 1 saturated heterocycles. The van der Waals surface area contributed by atoms with Crippen molar-refractivity contribution in [3.8, 4) is 0 Å². The fourth-order valence-corrected chi connectivity index (χ4v) is 2.54. The molecule has 1 aromatic carbocycles. The maximum absolute atomic E-state index is 12.1. The number of hydrogen-bond donors (Lipinski definition) is 1. The highest BCUT2D eigenvalue weighted by atomic mass is 16.6. The smallest absolute Gasteiger partial charge is 0.248 e. The molecular formula is C16H22N2O3. The van der Waals surface area contributed by atoms with Crippen molar-refractivity contribution in [1.82, 2.24) is 5.48 Å². The average Bonchev–Trinajstić information content (AvgIpc) is 2.88. The summed E-state index contributed by atoms with van der Waals surface area (Å²) in [5.74, 6) is -0.613. The topological polar surface area (TPSA) is 58.6 Å². The molecular weight excluding hydrogens is 268 g/mol. The highest BCUT2D eigenvalue weighted by Gasteiger charge is 2.35.